The van der Waals surface area contributed by atoms with Crippen LogP contribution < -0.4 is 16.7 Å². The highest BCUT2D eigenvalue weighted by Crippen LogP contribution is 2.21. The summed E-state index contributed by atoms with van der Waals surface area (Å²) < 4.78 is 20.2. The lowest BCUT2D eigenvalue weighted by Crippen LogP contribution is -2.39. The van der Waals surface area contributed by atoms with Gasteiger partial charge in [-0.3, -0.25) is 4.98 Å². The van der Waals surface area contributed by atoms with Crippen LogP contribution >= 0.6 is 0 Å². The number of rotatable bonds is 6. The van der Waals surface area contributed by atoms with Gasteiger partial charge < -0.3 is 10.1 Å². The summed E-state index contributed by atoms with van der Waals surface area (Å²) in [5.74, 6) is -0.433. The molecule has 0 bridgehead atoms. The Hall–Kier alpha value is -2.48. The first kappa shape index (κ1) is 17.9. The van der Waals surface area contributed by atoms with Crippen molar-refractivity contribution in [1.29, 1.82) is 0 Å². The fourth-order valence-corrected chi connectivity index (χ4v) is 2.42. The van der Waals surface area contributed by atoms with Gasteiger partial charge in [-0.2, -0.15) is 4.98 Å². The van der Waals surface area contributed by atoms with Crippen molar-refractivity contribution in [1.82, 2.24) is 14.5 Å². The molecule has 8 heteroatoms. The number of halogens is 1. The summed E-state index contributed by atoms with van der Waals surface area (Å²) in [4.78, 5) is 30.3. The average Bonchev–Trinajstić information content (AvgIpc) is 2.48. The SMILES string of the molecule is COCC(Nc1nc(=O)n(C(C)C)c(=O)[nH]1)c1cc(C)ccc1F. The van der Waals surface area contributed by atoms with Crippen LogP contribution in [0, 0.1) is 12.7 Å². The molecule has 7 nitrogen and oxygen atoms in total. The standard InChI is InChI=1S/C16H21FN4O3/c1-9(2)21-15(22)19-14(20-16(21)23)18-13(8-24-4)11-7-10(3)5-6-12(11)17/h5-7,9,13H,8H2,1-4H3,(H2,18,19,20,22,23). The highest BCUT2D eigenvalue weighted by Gasteiger charge is 2.18. The van der Waals surface area contributed by atoms with Gasteiger partial charge in [0.25, 0.3) is 0 Å². The van der Waals surface area contributed by atoms with E-state index in [4.69, 9.17) is 4.74 Å². The van der Waals surface area contributed by atoms with E-state index in [9.17, 15) is 14.0 Å². The zero-order chi connectivity index (χ0) is 17.9. The third-order valence-electron chi connectivity index (χ3n) is 3.55. The Morgan fingerprint density at radius 1 is 1.38 bits per heavy atom. The third-order valence-corrected chi connectivity index (χ3v) is 3.55. The Morgan fingerprint density at radius 2 is 2.08 bits per heavy atom. The number of aromatic nitrogens is 3. The largest absolute Gasteiger partial charge is 0.382 e. The highest BCUT2D eigenvalue weighted by molar-refractivity contribution is 5.34. The van der Waals surface area contributed by atoms with E-state index in [1.807, 2.05) is 6.92 Å². The van der Waals surface area contributed by atoms with Gasteiger partial charge >= 0.3 is 11.4 Å². The molecule has 1 aromatic heterocycles. The second-order valence-corrected chi connectivity index (χ2v) is 5.81. The van der Waals surface area contributed by atoms with Gasteiger partial charge in [-0.15, -0.1) is 0 Å². The van der Waals surface area contributed by atoms with E-state index in [1.54, 1.807) is 26.0 Å². The third kappa shape index (κ3) is 3.88. The topological polar surface area (TPSA) is 89.0 Å². The highest BCUT2D eigenvalue weighted by atomic mass is 19.1. The zero-order valence-electron chi connectivity index (χ0n) is 14.1. The van der Waals surface area contributed by atoms with Gasteiger partial charge in [0.1, 0.15) is 5.82 Å². The number of methoxy groups -OCH3 is 1. The molecule has 2 aromatic rings. The fraction of sp³-hybridized carbons (Fsp3) is 0.438. The van der Waals surface area contributed by atoms with Crippen LogP contribution in [0.25, 0.3) is 0 Å². The van der Waals surface area contributed by atoms with Gasteiger partial charge in [-0.05, 0) is 26.8 Å². The van der Waals surface area contributed by atoms with Crippen LogP contribution in [-0.2, 0) is 4.74 Å². The van der Waals surface area contributed by atoms with Crippen molar-refractivity contribution >= 4 is 5.95 Å². The number of hydrogen-bond acceptors (Lipinski definition) is 5. The average molecular weight is 336 g/mol. The molecule has 2 rings (SSSR count). The molecule has 0 spiro atoms. The second kappa shape index (κ2) is 7.39. The van der Waals surface area contributed by atoms with Crippen molar-refractivity contribution in [3.8, 4) is 0 Å². The molecule has 24 heavy (non-hydrogen) atoms. The number of hydrogen-bond donors (Lipinski definition) is 2. The molecule has 130 valence electrons. The number of anilines is 1. The lowest BCUT2D eigenvalue weighted by molar-refractivity contribution is 0.185. The molecule has 0 fully saturated rings. The van der Waals surface area contributed by atoms with Gasteiger partial charge in [0.2, 0.25) is 5.95 Å². The van der Waals surface area contributed by atoms with E-state index in [0.717, 1.165) is 10.1 Å². The minimum atomic E-state index is -0.669. The van der Waals surface area contributed by atoms with Crippen molar-refractivity contribution in [3.05, 3.63) is 56.1 Å². The number of benzene rings is 1. The van der Waals surface area contributed by atoms with E-state index in [1.165, 1.54) is 13.2 Å². The first-order valence-corrected chi connectivity index (χ1v) is 7.58. The normalized spacial score (nSPS) is 12.4. The number of ether oxygens (including phenoxy) is 1. The van der Waals surface area contributed by atoms with Gasteiger partial charge in [0, 0.05) is 18.7 Å². The van der Waals surface area contributed by atoms with Crippen molar-refractivity contribution < 1.29 is 9.13 Å². The lowest BCUT2D eigenvalue weighted by Gasteiger charge is -2.20. The molecule has 1 unspecified atom stereocenters. The summed E-state index contributed by atoms with van der Waals surface area (Å²) in [6.45, 7) is 5.40. The van der Waals surface area contributed by atoms with Crippen LogP contribution in [0.2, 0.25) is 0 Å². The lowest BCUT2D eigenvalue weighted by atomic mass is 10.0. The molecule has 0 saturated heterocycles. The molecule has 0 radical (unpaired) electrons. The van der Waals surface area contributed by atoms with E-state index >= 15 is 0 Å². The summed E-state index contributed by atoms with van der Waals surface area (Å²) in [5.41, 5.74) is 0.00373. The number of nitrogens with one attached hydrogen (secondary N) is 2. The maximum Gasteiger partial charge on any atom is 0.355 e. The van der Waals surface area contributed by atoms with Crippen LogP contribution in [0.4, 0.5) is 10.3 Å². The summed E-state index contributed by atoms with van der Waals surface area (Å²) in [5, 5.41) is 2.87. The molecule has 1 aromatic carbocycles. The van der Waals surface area contributed by atoms with Crippen LogP contribution in [0.15, 0.2) is 27.8 Å². The molecule has 1 atom stereocenters. The minimum absolute atomic E-state index is 0.0233. The van der Waals surface area contributed by atoms with Crippen LogP contribution in [0.1, 0.15) is 37.1 Å². The monoisotopic (exact) mass is 336 g/mol. The van der Waals surface area contributed by atoms with Crippen LogP contribution in [-0.4, -0.2) is 28.3 Å². The first-order valence-electron chi connectivity index (χ1n) is 7.58. The summed E-state index contributed by atoms with van der Waals surface area (Å²) in [6, 6.07) is 3.78. The molecule has 0 aliphatic heterocycles. The molecule has 0 saturated carbocycles. The first-order chi connectivity index (χ1) is 11.3. The summed E-state index contributed by atoms with van der Waals surface area (Å²) in [6.07, 6.45) is 0. The van der Waals surface area contributed by atoms with Crippen molar-refractivity contribution in [2.45, 2.75) is 32.9 Å². The summed E-state index contributed by atoms with van der Waals surface area (Å²) in [7, 11) is 1.48. The number of H-pyrrole nitrogens is 1. The van der Waals surface area contributed by atoms with Crippen LogP contribution in [0.5, 0.6) is 0 Å². The van der Waals surface area contributed by atoms with Crippen molar-refractivity contribution in [2.75, 3.05) is 19.0 Å². The quantitative estimate of drug-likeness (QED) is 0.839. The molecule has 2 N–H and O–H groups in total. The van der Waals surface area contributed by atoms with E-state index < -0.39 is 23.2 Å². The molecular formula is C16H21FN4O3. The van der Waals surface area contributed by atoms with Gasteiger partial charge in [0.05, 0.1) is 12.6 Å². The fourth-order valence-electron chi connectivity index (χ4n) is 2.42. The maximum atomic E-state index is 14.1. The summed E-state index contributed by atoms with van der Waals surface area (Å²) >= 11 is 0. The smallest absolute Gasteiger partial charge is 0.355 e. The maximum absolute atomic E-state index is 14.1. The minimum Gasteiger partial charge on any atom is -0.382 e. The van der Waals surface area contributed by atoms with Gasteiger partial charge in [0.15, 0.2) is 0 Å². The Morgan fingerprint density at radius 3 is 2.67 bits per heavy atom. The molecular weight excluding hydrogens is 315 g/mol. The number of aryl methyl sites for hydroxylation is 1. The molecule has 1 heterocycles. The van der Waals surface area contributed by atoms with E-state index in [2.05, 4.69) is 15.3 Å². The Kier molecular flexibility index (Phi) is 5.50. The molecule has 0 aliphatic carbocycles. The predicted molar refractivity (Wildman–Crippen MR) is 88.9 cm³/mol. The molecule has 0 amide bonds. The van der Waals surface area contributed by atoms with Gasteiger partial charge in [-0.25, -0.2) is 18.5 Å². The van der Waals surface area contributed by atoms with Crippen molar-refractivity contribution in [2.24, 2.45) is 0 Å². The van der Waals surface area contributed by atoms with E-state index in [-0.39, 0.29) is 18.6 Å². The van der Waals surface area contributed by atoms with E-state index in [0.29, 0.717) is 5.56 Å². The second-order valence-electron chi connectivity index (χ2n) is 5.81. The Bertz CT molecular complexity index is 798. The Labute approximate surface area is 138 Å². The van der Waals surface area contributed by atoms with Crippen molar-refractivity contribution in [3.63, 3.8) is 0 Å². The van der Waals surface area contributed by atoms with Gasteiger partial charge in [-0.1, -0.05) is 17.7 Å². The predicted octanol–water partition coefficient (Wildman–Crippen LogP) is 1.76. The number of aromatic amines is 1. The number of nitrogens with zero attached hydrogens (tertiary/aromatic N) is 2. The zero-order valence-corrected chi connectivity index (χ0v) is 14.1. The Balaban J connectivity index is 2.40. The van der Waals surface area contributed by atoms with Crippen LogP contribution in [0.3, 0.4) is 0 Å². The molecule has 0 aliphatic rings.